The van der Waals surface area contributed by atoms with Gasteiger partial charge in [0.2, 0.25) is 0 Å². The second-order valence-electron chi connectivity index (χ2n) is 2.86. The van der Waals surface area contributed by atoms with Gasteiger partial charge < -0.3 is 0 Å². The first kappa shape index (κ1) is 12.6. The summed E-state index contributed by atoms with van der Waals surface area (Å²) in [5.41, 5.74) is 0.223. The Morgan fingerprint density at radius 2 is 2.13 bits per heavy atom. The van der Waals surface area contributed by atoms with Gasteiger partial charge in [0.05, 0.1) is 0 Å². The van der Waals surface area contributed by atoms with Gasteiger partial charge in [0.15, 0.2) is 0 Å². The van der Waals surface area contributed by atoms with E-state index in [-0.39, 0.29) is 11.5 Å². The summed E-state index contributed by atoms with van der Waals surface area (Å²) in [7, 11) is 0. The second kappa shape index (κ2) is 5.60. The van der Waals surface area contributed by atoms with E-state index in [0.29, 0.717) is 7.54 Å². The van der Waals surface area contributed by atoms with Crippen LogP contribution >= 0.6 is 15.9 Å². The van der Waals surface area contributed by atoms with Crippen molar-refractivity contribution in [3.8, 4) is 0 Å². The van der Waals surface area contributed by atoms with Gasteiger partial charge in [-0.25, -0.2) is 0 Å². The number of carbonyl (C=O) groups excluding carboxylic acids is 1. The van der Waals surface area contributed by atoms with Crippen molar-refractivity contribution in [3.05, 3.63) is 28.2 Å². The van der Waals surface area contributed by atoms with Crippen LogP contribution < -0.4 is 3.07 Å². The van der Waals surface area contributed by atoms with Gasteiger partial charge in [-0.15, -0.1) is 0 Å². The van der Waals surface area contributed by atoms with E-state index in [1.807, 2.05) is 0 Å². The Kier molecular flexibility index (Phi) is 4.72. The SMILES string of the molecule is CC(=O)[O][Hg][c]1cccc(Br)c1C(=O)O. The average Bonchev–Trinajstić information content (AvgIpc) is 2.13. The van der Waals surface area contributed by atoms with Gasteiger partial charge in [-0.2, -0.15) is 0 Å². The molecule has 0 bridgehead atoms. The summed E-state index contributed by atoms with van der Waals surface area (Å²) in [5.74, 6) is -1.34. The summed E-state index contributed by atoms with van der Waals surface area (Å²) in [6.45, 7) is 1.33. The molecule has 1 aromatic rings. The van der Waals surface area contributed by atoms with Gasteiger partial charge in [-0.3, -0.25) is 0 Å². The Balaban J connectivity index is 3.01. The summed E-state index contributed by atoms with van der Waals surface area (Å²) in [6.07, 6.45) is 0. The van der Waals surface area contributed by atoms with Crippen LogP contribution in [0.1, 0.15) is 17.3 Å². The van der Waals surface area contributed by atoms with Crippen molar-refractivity contribution in [2.45, 2.75) is 6.92 Å². The first-order valence-electron chi connectivity index (χ1n) is 4.16. The molecule has 0 unspecified atom stereocenters. The van der Waals surface area contributed by atoms with Gasteiger partial charge in [-0.05, 0) is 0 Å². The molecule has 0 atom stereocenters. The fraction of sp³-hybridized carbons (Fsp3) is 0.111. The van der Waals surface area contributed by atoms with E-state index in [1.165, 1.54) is 6.92 Å². The number of carboxylic acid groups (broad SMARTS) is 1. The minimum absolute atomic E-state index is 0.223. The van der Waals surface area contributed by atoms with Crippen molar-refractivity contribution in [2.75, 3.05) is 0 Å². The van der Waals surface area contributed by atoms with Gasteiger partial charge in [0.25, 0.3) is 0 Å². The predicted molar refractivity (Wildman–Crippen MR) is 52.5 cm³/mol. The molecule has 0 aliphatic carbocycles. The van der Waals surface area contributed by atoms with Crippen molar-refractivity contribution in [2.24, 2.45) is 0 Å². The van der Waals surface area contributed by atoms with Crippen LogP contribution in [0.5, 0.6) is 0 Å². The summed E-state index contributed by atoms with van der Waals surface area (Å²) in [4.78, 5) is 21.6. The van der Waals surface area contributed by atoms with Crippen molar-refractivity contribution < 1.29 is 42.4 Å². The molecule has 15 heavy (non-hydrogen) atoms. The normalized spacial score (nSPS) is 9.20. The molecule has 0 radical (unpaired) electrons. The van der Waals surface area contributed by atoms with Crippen LogP contribution in [0.2, 0.25) is 0 Å². The Morgan fingerprint density at radius 1 is 1.47 bits per heavy atom. The topological polar surface area (TPSA) is 63.6 Å². The molecule has 76 valence electrons. The van der Waals surface area contributed by atoms with Crippen LogP contribution in [0.25, 0.3) is 0 Å². The number of hydrogen-bond acceptors (Lipinski definition) is 3. The van der Waals surface area contributed by atoms with Gasteiger partial charge in [0.1, 0.15) is 0 Å². The molecule has 4 nitrogen and oxygen atoms in total. The molecule has 0 heterocycles. The monoisotopic (exact) mass is 460 g/mol. The number of rotatable bonds is 3. The molecule has 1 aromatic carbocycles. The van der Waals surface area contributed by atoms with Crippen LogP contribution in [0.4, 0.5) is 0 Å². The average molecular weight is 460 g/mol. The predicted octanol–water partition coefficient (Wildman–Crippen LogP) is 1.33. The molecule has 6 heteroatoms. The van der Waals surface area contributed by atoms with Crippen LogP contribution in [-0.2, 0) is 32.5 Å². The molecule has 0 fully saturated rings. The number of carboxylic acids is 1. The minimum atomic E-state index is -2.08. The molecule has 0 aromatic heterocycles. The zero-order chi connectivity index (χ0) is 11.4. The Labute approximate surface area is 108 Å². The molecule has 1 rings (SSSR count). The Hall–Kier alpha value is -0.425. The number of aromatic carboxylic acids is 1. The molecule has 0 saturated carbocycles. The van der Waals surface area contributed by atoms with Gasteiger partial charge in [-0.1, -0.05) is 0 Å². The number of benzene rings is 1. The van der Waals surface area contributed by atoms with E-state index in [4.69, 9.17) is 7.75 Å². The van der Waals surface area contributed by atoms with E-state index < -0.39 is 31.0 Å². The second-order valence-corrected chi connectivity index (χ2v) is 8.92. The zero-order valence-corrected chi connectivity index (χ0v) is 15.1. The standard InChI is InChI=1S/C7H4BrO2.C2H4O2.Hg/c8-6-4-2-1-3-5(6)7(9)10;1-2(3)4;/h1-2,4H,(H,9,10);1H3,(H,3,4);/q;;+1/p-1. The van der Waals surface area contributed by atoms with Crippen molar-refractivity contribution in [1.82, 2.24) is 0 Å². The van der Waals surface area contributed by atoms with E-state index in [1.54, 1.807) is 18.2 Å². The molecular weight excluding hydrogens is 453 g/mol. The molecule has 0 aliphatic rings. The third-order valence-corrected chi connectivity index (χ3v) is 8.05. The van der Waals surface area contributed by atoms with E-state index in [0.717, 1.165) is 0 Å². The molecule has 0 aliphatic heterocycles. The Bertz CT molecular complexity index is 405. The van der Waals surface area contributed by atoms with Crippen LogP contribution in [0.3, 0.4) is 0 Å². The fourth-order valence-corrected chi connectivity index (χ4v) is 6.88. The third-order valence-electron chi connectivity index (χ3n) is 1.74. The summed E-state index contributed by atoms with van der Waals surface area (Å²) < 4.78 is 6.19. The van der Waals surface area contributed by atoms with Crippen LogP contribution in [0, 0.1) is 0 Å². The fourth-order valence-electron chi connectivity index (χ4n) is 1.11. The first-order valence-corrected chi connectivity index (χ1v) is 9.95. The summed E-state index contributed by atoms with van der Waals surface area (Å²) in [5, 5.41) is 8.98. The number of hydrogen-bond donors (Lipinski definition) is 1. The van der Waals surface area contributed by atoms with Crippen molar-refractivity contribution in [1.29, 1.82) is 0 Å². The van der Waals surface area contributed by atoms with Crippen LogP contribution in [0.15, 0.2) is 22.7 Å². The Morgan fingerprint density at radius 3 is 2.67 bits per heavy atom. The van der Waals surface area contributed by atoms with Gasteiger partial charge in [0, 0.05) is 0 Å². The molecule has 0 saturated heterocycles. The van der Waals surface area contributed by atoms with E-state index in [2.05, 4.69) is 15.9 Å². The molecule has 0 amide bonds. The maximum atomic E-state index is 11.0. The third kappa shape index (κ3) is 3.57. The molecule has 1 N–H and O–H groups in total. The van der Waals surface area contributed by atoms with Crippen molar-refractivity contribution in [3.63, 3.8) is 0 Å². The van der Waals surface area contributed by atoms with Crippen LogP contribution in [-0.4, -0.2) is 17.0 Å². The van der Waals surface area contributed by atoms with Gasteiger partial charge >= 0.3 is 108 Å². The van der Waals surface area contributed by atoms with E-state index >= 15 is 0 Å². The summed E-state index contributed by atoms with van der Waals surface area (Å²) >= 11 is 1.09. The number of halogens is 1. The number of carbonyl (C=O) groups is 2. The van der Waals surface area contributed by atoms with Crippen molar-refractivity contribution >= 4 is 30.9 Å². The zero-order valence-electron chi connectivity index (χ0n) is 7.99. The molecular formula is C9H7BrHgO4. The quantitative estimate of drug-likeness (QED) is 0.693. The molecule has 0 spiro atoms. The summed E-state index contributed by atoms with van der Waals surface area (Å²) in [6, 6.07) is 5.11. The maximum absolute atomic E-state index is 11.0. The van der Waals surface area contributed by atoms with E-state index in [9.17, 15) is 9.59 Å². The first-order chi connectivity index (χ1) is 7.02.